The number of carbonyl (C=O) groups is 3. The van der Waals surface area contributed by atoms with Gasteiger partial charge in [-0.25, -0.2) is 0 Å². The maximum Gasteiger partial charge on any atom is 0.253 e. The molecule has 1 aromatic rings. The number of amides is 3. The molecule has 0 unspecified atom stereocenters. The number of benzene rings is 1. The lowest BCUT2D eigenvalue weighted by atomic mass is 10.1. The van der Waals surface area contributed by atoms with E-state index in [-0.39, 0.29) is 23.8 Å². The molecule has 0 radical (unpaired) electrons. The van der Waals surface area contributed by atoms with Crippen molar-refractivity contribution in [1.82, 2.24) is 15.1 Å². The van der Waals surface area contributed by atoms with E-state index in [0.29, 0.717) is 37.3 Å². The van der Waals surface area contributed by atoms with Crippen LogP contribution in [0.25, 0.3) is 0 Å². The summed E-state index contributed by atoms with van der Waals surface area (Å²) in [6, 6.07) is 7.17. The van der Waals surface area contributed by atoms with Crippen LogP contribution >= 0.6 is 0 Å². The van der Waals surface area contributed by atoms with Gasteiger partial charge in [0.1, 0.15) is 0 Å². The Balaban J connectivity index is 1.55. The molecule has 0 aromatic heterocycles. The van der Waals surface area contributed by atoms with Gasteiger partial charge in [0.15, 0.2) is 0 Å². The highest BCUT2D eigenvalue weighted by Crippen LogP contribution is 2.18. The van der Waals surface area contributed by atoms with Crippen LogP contribution < -0.4 is 5.32 Å². The molecule has 1 saturated heterocycles. The van der Waals surface area contributed by atoms with Crippen molar-refractivity contribution in [2.45, 2.75) is 51.5 Å². The molecule has 0 bridgehead atoms. The molecule has 1 aliphatic carbocycles. The van der Waals surface area contributed by atoms with Crippen molar-refractivity contribution in [3.05, 3.63) is 35.4 Å². The highest BCUT2D eigenvalue weighted by Gasteiger charge is 2.23. The third-order valence-corrected chi connectivity index (χ3v) is 5.60. The maximum absolute atomic E-state index is 12.6. The Morgan fingerprint density at radius 2 is 1.33 bits per heavy atom. The lowest BCUT2D eigenvalue weighted by molar-refractivity contribution is -0.130. The van der Waals surface area contributed by atoms with Gasteiger partial charge >= 0.3 is 0 Å². The zero-order valence-corrected chi connectivity index (χ0v) is 16.1. The van der Waals surface area contributed by atoms with E-state index in [1.807, 2.05) is 0 Å². The summed E-state index contributed by atoms with van der Waals surface area (Å²) in [4.78, 5) is 40.0. The predicted molar refractivity (Wildman–Crippen MR) is 104 cm³/mol. The van der Waals surface area contributed by atoms with Crippen molar-refractivity contribution in [3.8, 4) is 0 Å². The molecule has 2 fully saturated rings. The first-order chi connectivity index (χ1) is 13.0. The molecule has 0 spiro atoms. The van der Waals surface area contributed by atoms with Crippen LogP contribution in [0.15, 0.2) is 24.3 Å². The van der Waals surface area contributed by atoms with Gasteiger partial charge in [-0.05, 0) is 37.1 Å². The summed E-state index contributed by atoms with van der Waals surface area (Å²) in [6.45, 7) is 3.78. The van der Waals surface area contributed by atoms with Crippen molar-refractivity contribution >= 4 is 17.7 Å². The first kappa shape index (κ1) is 19.4. The van der Waals surface area contributed by atoms with E-state index in [0.717, 1.165) is 12.8 Å². The molecule has 3 amide bonds. The molecule has 0 atom stereocenters. The number of piperazine rings is 1. The Hall–Kier alpha value is -2.37. The summed E-state index contributed by atoms with van der Waals surface area (Å²) in [5.74, 6) is -0.0592. The highest BCUT2D eigenvalue weighted by atomic mass is 16.2. The van der Waals surface area contributed by atoms with Gasteiger partial charge in [0.25, 0.3) is 11.8 Å². The zero-order valence-electron chi connectivity index (χ0n) is 16.1. The van der Waals surface area contributed by atoms with Crippen LogP contribution in [-0.4, -0.2) is 59.7 Å². The smallest absolute Gasteiger partial charge is 0.253 e. The molecule has 1 N–H and O–H groups in total. The second-order valence-corrected chi connectivity index (χ2v) is 7.54. The van der Waals surface area contributed by atoms with E-state index in [1.54, 1.807) is 41.0 Å². The van der Waals surface area contributed by atoms with E-state index < -0.39 is 0 Å². The van der Waals surface area contributed by atoms with Crippen LogP contribution in [0.2, 0.25) is 0 Å². The van der Waals surface area contributed by atoms with Crippen molar-refractivity contribution in [3.63, 3.8) is 0 Å². The number of carbonyl (C=O) groups excluding carboxylic acids is 3. The molecule has 2 aliphatic rings. The van der Waals surface area contributed by atoms with Gasteiger partial charge in [-0.2, -0.15) is 0 Å². The topological polar surface area (TPSA) is 69.7 Å². The first-order valence-electron chi connectivity index (χ1n) is 10.0. The van der Waals surface area contributed by atoms with Crippen molar-refractivity contribution in [2.75, 3.05) is 26.2 Å². The lowest BCUT2D eigenvalue weighted by Crippen LogP contribution is -2.50. The summed E-state index contributed by atoms with van der Waals surface area (Å²) < 4.78 is 0. The molecule has 1 aliphatic heterocycles. The molecule has 1 heterocycles. The minimum atomic E-state index is -0.0593. The van der Waals surface area contributed by atoms with E-state index >= 15 is 0 Å². The van der Waals surface area contributed by atoms with Gasteiger partial charge in [0.2, 0.25) is 5.91 Å². The molecule has 27 heavy (non-hydrogen) atoms. The first-order valence-corrected chi connectivity index (χ1v) is 10.0. The van der Waals surface area contributed by atoms with Crippen molar-refractivity contribution < 1.29 is 14.4 Å². The highest BCUT2D eigenvalue weighted by molar-refractivity contribution is 5.98. The fourth-order valence-corrected chi connectivity index (χ4v) is 3.86. The minimum Gasteiger partial charge on any atom is -0.349 e. The van der Waals surface area contributed by atoms with Crippen LogP contribution in [0.3, 0.4) is 0 Å². The summed E-state index contributed by atoms with van der Waals surface area (Å²) in [7, 11) is 0. The number of rotatable bonds is 3. The fourth-order valence-electron chi connectivity index (χ4n) is 3.86. The maximum atomic E-state index is 12.6. The molecule has 1 saturated carbocycles. The van der Waals surface area contributed by atoms with Gasteiger partial charge in [-0.3, -0.25) is 14.4 Å². The van der Waals surface area contributed by atoms with Gasteiger partial charge in [0.05, 0.1) is 0 Å². The third kappa shape index (κ3) is 5.08. The third-order valence-electron chi connectivity index (χ3n) is 5.60. The Morgan fingerprint density at radius 1 is 0.815 bits per heavy atom. The standard InChI is InChI=1S/C21H29N3O3/c1-16(25)23-12-14-24(15-13-23)21(27)18-10-8-17(9-11-18)20(26)22-19-6-4-2-3-5-7-19/h8-11,19H,2-7,12-15H2,1H3,(H,22,26). The van der Waals surface area contributed by atoms with Crippen LogP contribution in [0.5, 0.6) is 0 Å². The second-order valence-electron chi connectivity index (χ2n) is 7.54. The Morgan fingerprint density at radius 3 is 1.89 bits per heavy atom. The number of hydrogen-bond donors (Lipinski definition) is 1. The summed E-state index contributed by atoms with van der Waals surface area (Å²) in [6.07, 6.45) is 6.96. The van der Waals surface area contributed by atoms with Crippen molar-refractivity contribution in [1.29, 1.82) is 0 Å². The molecule has 1 aromatic carbocycles. The number of nitrogens with zero attached hydrogens (tertiary/aromatic N) is 2. The molecular weight excluding hydrogens is 342 g/mol. The predicted octanol–water partition coefficient (Wildman–Crippen LogP) is 2.44. The van der Waals surface area contributed by atoms with Crippen molar-refractivity contribution in [2.24, 2.45) is 0 Å². The van der Waals surface area contributed by atoms with Crippen LogP contribution in [-0.2, 0) is 4.79 Å². The monoisotopic (exact) mass is 371 g/mol. The lowest BCUT2D eigenvalue weighted by Gasteiger charge is -2.34. The quantitative estimate of drug-likeness (QED) is 0.830. The fraction of sp³-hybridized carbons (Fsp3) is 0.571. The molecule has 6 nitrogen and oxygen atoms in total. The average molecular weight is 371 g/mol. The zero-order chi connectivity index (χ0) is 19.2. The molecule has 3 rings (SSSR count). The summed E-state index contributed by atoms with van der Waals surface area (Å²) >= 11 is 0. The minimum absolute atomic E-state index is 0.0473. The number of nitrogens with one attached hydrogen (secondary N) is 1. The summed E-state index contributed by atoms with van der Waals surface area (Å²) in [5, 5.41) is 3.13. The Kier molecular flexibility index (Phi) is 6.48. The van der Waals surface area contributed by atoms with Gasteiger partial charge in [0, 0.05) is 50.3 Å². The normalized spacial score (nSPS) is 18.7. The van der Waals surface area contributed by atoms with Crippen LogP contribution in [0.4, 0.5) is 0 Å². The Bertz CT molecular complexity index is 670. The van der Waals surface area contributed by atoms with Gasteiger partial charge < -0.3 is 15.1 Å². The van der Waals surface area contributed by atoms with E-state index in [4.69, 9.17) is 0 Å². The largest absolute Gasteiger partial charge is 0.349 e. The SMILES string of the molecule is CC(=O)N1CCN(C(=O)c2ccc(C(=O)NC3CCCCCC3)cc2)CC1. The van der Waals surface area contributed by atoms with Gasteiger partial charge in [-0.1, -0.05) is 25.7 Å². The Labute approximate surface area is 160 Å². The molecular formula is C21H29N3O3. The number of hydrogen-bond acceptors (Lipinski definition) is 3. The van der Waals surface area contributed by atoms with E-state index in [9.17, 15) is 14.4 Å². The van der Waals surface area contributed by atoms with E-state index in [1.165, 1.54) is 25.7 Å². The van der Waals surface area contributed by atoms with Gasteiger partial charge in [-0.15, -0.1) is 0 Å². The summed E-state index contributed by atoms with van der Waals surface area (Å²) in [5.41, 5.74) is 1.18. The van der Waals surface area contributed by atoms with E-state index in [2.05, 4.69) is 5.32 Å². The average Bonchev–Trinajstić information content (AvgIpc) is 2.96. The van der Waals surface area contributed by atoms with Crippen LogP contribution in [0, 0.1) is 0 Å². The molecule has 6 heteroatoms. The second kappa shape index (κ2) is 9.02. The molecule has 146 valence electrons. The van der Waals surface area contributed by atoms with Crippen LogP contribution in [0.1, 0.15) is 66.2 Å².